The molecule has 1 fully saturated rings. The van der Waals surface area contributed by atoms with Gasteiger partial charge in [0.05, 0.1) is 18.9 Å². The summed E-state index contributed by atoms with van der Waals surface area (Å²) in [6.45, 7) is 6.62. The van der Waals surface area contributed by atoms with Crippen LogP contribution in [-0.2, 0) is 17.7 Å². The zero-order valence-electron chi connectivity index (χ0n) is 22.1. The number of nitrogens with one attached hydrogen (secondary N) is 2. The summed E-state index contributed by atoms with van der Waals surface area (Å²) in [6.07, 6.45) is 6.01. The van der Waals surface area contributed by atoms with Crippen molar-refractivity contribution < 1.29 is 14.2 Å². The maximum absolute atomic E-state index is 11.8. The summed E-state index contributed by atoms with van der Waals surface area (Å²) in [5.41, 5.74) is 6.18. The number of aromatic amines is 1. The highest BCUT2D eigenvalue weighted by Gasteiger charge is 2.28. The first-order chi connectivity index (χ1) is 19.0. The molecule has 6 rings (SSSR count). The predicted octanol–water partition coefficient (Wildman–Crippen LogP) is 5.44. The monoisotopic (exact) mass is 524 g/mol. The topological polar surface area (TPSA) is 88.7 Å². The molecule has 0 saturated carbocycles. The second-order valence-corrected chi connectivity index (χ2v) is 10.2. The lowest BCUT2D eigenvalue weighted by molar-refractivity contribution is 0.0384. The molecule has 8 nitrogen and oxygen atoms in total. The van der Waals surface area contributed by atoms with Crippen LogP contribution in [0.1, 0.15) is 42.2 Å². The molecular weight excluding hydrogens is 492 g/mol. The van der Waals surface area contributed by atoms with Gasteiger partial charge >= 0.3 is 0 Å². The van der Waals surface area contributed by atoms with Crippen molar-refractivity contribution in [1.29, 1.82) is 0 Å². The van der Waals surface area contributed by atoms with Crippen molar-refractivity contribution >= 4 is 11.4 Å². The number of fused-ring (bicyclic) bond motifs is 2. The molecular formula is C31H32N4O4. The minimum atomic E-state index is -0.153. The minimum Gasteiger partial charge on any atom is -0.489 e. The third kappa shape index (κ3) is 5.61. The number of hydrogen-bond acceptors (Lipinski definition) is 7. The zero-order chi connectivity index (χ0) is 26.8. The summed E-state index contributed by atoms with van der Waals surface area (Å²) in [6, 6.07) is 18.1. The van der Waals surface area contributed by atoms with Gasteiger partial charge in [0.2, 0.25) is 5.56 Å². The van der Waals surface area contributed by atoms with E-state index in [9.17, 15) is 4.79 Å². The number of benzene rings is 2. The SMILES string of the molecule is CC(C)Oc1cncc(CNc2ccc3c(c2)Cc2cccc(C4CN(c5cc[nH]c(=O)c5)CCO4)c2O3)c1. The van der Waals surface area contributed by atoms with E-state index in [1.807, 2.05) is 44.3 Å². The summed E-state index contributed by atoms with van der Waals surface area (Å²) in [5, 5.41) is 3.50. The Bertz CT molecular complexity index is 1530. The molecule has 1 unspecified atom stereocenters. The molecule has 0 radical (unpaired) electrons. The first-order valence-corrected chi connectivity index (χ1v) is 13.3. The van der Waals surface area contributed by atoms with Crippen molar-refractivity contribution in [3.63, 3.8) is 0 Å². The summed E-state index contributed by atoms with van der Waals surface area (Å²) < 4.78 is 18.4. The number of H-pyrrole nitrogens is 1. The molecule has 2 N–H and O–H groups in total. The number of hydrogen-bond donors (Lipinski definition) is 2. The summed E-state index contributed by atoms with van der Waals surface area (Å²) in [4.78, 5) is 21.0. The van der Waals surface area contributed by atoms with Crippen LogP contribution in [0.4, 0.5) is 11.4 Å². The van der Waals surface area contributed by atoms with Crippen LogP contribution in [-0.4, -0.2) is 35.8 Å². The summed E-state index contributed by atoms with van der Waals surface area (Å²) >= 11 is 0. The lowest BCUT2D eigenvalue weighted by Gasteiger charge is -2.36. The number of para-hydroxylation sites is 1. The Hall–Kier alpha value is -4.30. The first-order valence-electron chi connectivity index (χ1n) is 13.3. The average molecular weight is 525 g/mol. The van der Waals surface area contributed by atoms with Gasteiger partial charge in [-0.3, -0.25) is 9.78 Å². The normalized spacial score (nSPS) is 16.3. The van der Waals surface area contributed by atoms with Crippen molar-refractivity contribution in [2.75, 3.05) is 29.9 Å². The maximum atomic E-state index is 11.8. The van der Waals surface area contributed by atoms with Gasteiger partial charge in [-0.15, -0.1) is 0 Å². The highest BCUT2D eigenvalue weighted by Crippen LogP contribution is 2.43. The Labute approximate surface area is 227 Å². The van der Waals surface area contributed by atoms with Gasteiger partial charge in [0.15, 0.2) is 0 Å². The van der Waals surface area contributed by atoms with E-state index in [2.05, 4.69) is 44.5 Å². The summed E-state index contributed by atoms with van der Waals surface area (Å²) in [5.74, 6) is 2.51. The van der Waals surface area contributed by atoms with Gasteiger partial charge in [-0.05, 0) is 55.3 Å². The average Bonchev–Trinajstić information content (AvgIpc) is 2.94. The standard InChI is InChI=1S/C31H32N4O4/c1-20(2)38-26-12-21(16-32-18-26)17-34-24-6-7-28-23(14-24)13-22-4-3-5-27(31(22)39-28)29-19-35(10-11-37-29)25-8-9-33-30(36)15-25/h3-9,12,14-16,18,20,29,34H,10-11,13,17,19H2,1-2H3,(H,33,36). The highest BCUT2D eigenvalue weighted by atomic mass is 16.5. The van der Waals surface area contributed by atoms with Crippen LogP contribution in [0.2, 0.25) is 0 Å². The predicted molar refractivity (Wildman–Crippen MR) is 151 cm³/mol. The zero-order valence-corrected chi connectivity index (χ0v) is 22.1. The van der Waals surface area contributed by atoms with Crippen molar-refractivity contribution in [3.05, 3.63) is 106 Å². The Kier molecular flexibility index (Phi) is 6.94. The lowest BCUT2D eigenvalue weighted by atomic mass is 9.95. The maximum Gasteiger partial charge on any atom is 0.249 e. The van der Waals surface area contributed by atoms with Crippen molar-refractivity contribution in [2.24, 2.45) is 0 Å². The van der Waals surface area contributed by atoms with E-state index in [0.717, 1.165) is 63.8 Å². The molecule has 0 spiro atoms. The Morgan fingerprint density at radius 1 is 1.13 bits per heavy atom. The van der Waals surface area contributed by atoms with Crippen molar-refractivity contribution in [2.45, 2.75) is 39.0 Å². The fourth-order valence-corrected chi connectivity index (χ4v) is 5.17. The van der Waals surface area contributed by atoms with Gasteiger partial charge in [-0.2, -0.15) is 0 Å². The third-order valence-electron chi connectivity index (χ3n) is 6.96. The van der Waals surface area contributed by atoms with E-state index in [4.69, 9.17) is 14.2 Å². The Balaban J connectivity index is 1.17. The molecule has 200 valence electrons. The molecule has 2 aromatic carbocycles. The van der Waals surface area contributed by atoms with Gasteiger partial charge in [-0.1, -0.05) is 18.2 Å². The number of pyridine rings is 2. The molecule has 4 aromatic rings. The number of ether oxygens (including phenoxy) is 3. The molecule has 0 aliphatic carbocycles. The van der Waals surface area contributed by atoms with Gasteiger partial charge in [0.1, 0.15) is 23.4 Å². The van der Waals surface area contributed by atoms with Crippen molar-refractivity contribution in [3.8, 4) is 17.2 Å². The lowest BCUT2D eigenvalue weighted by Crippen LogP contribution is -2.39. The molecule has 39 heavy (non-hydrogen) atoms. The quantitative estimate of drug-likeness (QED) is 0.293. The van der Waals surface area contributed by atoms with Crippen LogP contribution >= 0.6 is 0 Å². The van der Waals surface area contributed by atoms with E-state index >= 15 is 0 Å². The third-order valence-corrected chi connectivity index (χ3v) is 6.96. The molecule has 8 heteroatoms. The van der Waals surface area contributed by atoms with E-state index in [1.165, 1.54) is 0 Å². The first kappa shape index (κ1) is 25.0. The van der Waals surface area contributed by atoms with Gasteiger partial charge in [-0.25, -0.2) is 0 Å². The van der Waals surface area contributed by atoms with Crippen LogP contribution in [0, 0.1) is 0 Å². The van der Waals surface area contributed by atoms with Crippen LogP contribution in [0.25, 0.3) is 0 Å². The fraction of sp³-hybridized carbons (Fsp3) is 0.290. The largest absolute Gasteiger partial charge is 0.489 e. The van der Waals surface area contributed by atoms with Crippen LogP contribution < -0.4 is 25.2 Å². The molecule has 1 atom stereocenters. The second kappa shape index (κ2) is 10.8. The van der Waals surface area contributed by atoms with Gasteiger partial charge < -0.3 is 29.4 Å². The molecule has 4 heterocycles. The van der Waals surface area contributed by atoms with Crippen LogP contribution in [0.3, 0.4) is 0 Å². The number of anilines is 2. The smallest absolute Gasteiger partial charge is 0.249 e. The van der Waals surface area contributed by atoms with E-state index < -0.39 is 0 Å². The van der Waals surface area contributed by atoms with Gasteiger partial charge in [0.25, 0.3) is 0 Å². The van der Waals surface area contributed by atoms with Crippen LogP contribution in [0.5, 0.6) is 17.2 Å². The van der Waals surface area contributed by atoms with E-state index in [-0.39, 0.29) is 17.8 Å². The number of rotatable bonds is 7. The molecule has 2 aromatic heterocycles. The summed E-state index contributed by atoms with van der Waals surface area (Å²) in [7, 11) is 0. The van der Waals surface area contributed by atoms with E-state index in [0.29, 0.717) is 19.7 Å². The Morgan fingerprint density at radius 3 is 2.92 bits per heavy atom. The fourth-order valence-electron chi connectivity index (χ4n) is 5.17. The van der Waals surface area contributed by atoms with Gasteiger partial charge in [0, 0.05) is 67.0 Å². The number of aromatic nitrogens is 2. The molecule has 0 bridgehead atoms. The Morgan fingerprint density at radius 2 is 2.05 bits per heavy atom. The highest BCUT2D eigenvalue weighted by molar-refractivity contribution is 5.59. The molecule has 0 amide bonds. The molecule has 1 saturated heterocycles. The van der Waals surface area contributed by atoms with E-state index in [1.54, 1.807) is 18.5 Å². The second-order valence-electron chi connectivity index (χ2n) is 10.2. The number of morpholine rings is 1. The molecule has 2 aliphatic rings. The van der Waals surface area contributed by atoms with Crippen molar-refractivity contribution in [1.82, 2.24) is 9.97 Å². The van der Waals surface area contributed by atoms with Crippen LogP contribution in [0.15, 0.2) is 78.0 Å². The molecule has 2 aliphatic heterocycles. The minimum absolute atomic E-state index is 0.105. The number of nitrogens with zero attached hydrogens (tertiary/aromatic N) is 2.